The number of carbonyl (C=O) groups excluding carboxylic acids is 3. The summed E-state index contributed by atoms with van der Waals surface area (Å²) in [6, 6.07) is 3.72. The summed E-state index contributed by atoms with van der Waals surface area (Å²) >= 11 is 5.44. The number of amides is 3. The van der Waals surface area contributed by atoms with Crippen LogP contribution in [0.4, 0.5) is 0 Å². The third kappa shape index (κ3) is 8.17. The van der Waals surface area contributed by atoms with Gasteiger partial charge in [0.1, 0.15) is 18.1 Å². The average Bonchev–Trinajstić information content (AvgIpc) is 3.25. The van der Waals surface area contributed by atoms with Gasteiger partial charge in [0.15, 0.2) is 0 Å². The van der Waals surface area contributed by atoms with E-state index in [1.165, 1.54) is 11.8 Å². The van der Waals surface area contributed by atoms with Crippen LogP contribution in [0.15, 0.2) is 30.5 Å². The number of hydrogen-bond donors (Lipinski definition) is 7. The van der Waals surface area contributed by atoms with E-state index in [2.05, 4.69) is 33.6 Å². The van der Waals surface area contributed by atoms with Crippen LogP contribution in [0.5, 0.6) is 0 Å². The molecule has 10 nitrogen and oxygen atoms in total. The highest BCUT2D eigenvalue weighted by Crippen LogP contribution is 2.19. The molecule has 0 spiro atoms. The normalized spacial score (nSPS) is 14.6. The minimum atomic E-state index is -1.22. The predicted octanol–water partition coefficient (Wildman–Crippen LogP) is 0.916. The first-order valence-electron chi connectivity index (χ1n) is 11.6. The Balaban J connectivity index is 2.07. The summed E-state index contributed by atoms with van der Waals surface area (Å²) < 4.78 is 0. The van der Waals surface area contributed by atoms with Gasteiger partial charge >= 0.3 is 5.97 Å². The Hall–Kier alpha value is -2.70. The molecule has 0 aliphatic heterocycles. The molecule has 1 aromatic carbocycles. The number of carboxylic acid groups (broad SMARTS) is 1. The number of thioether (sulfide) groups is 1. The fraction of sp³-hybridized carbons (Fsp3) is 0.500. The number of thiol groups is 1. The monoisotopic (exact) mass is 537 g/mol. The minimum Gasteiger partial charge on any atom is -0.480 e. The summed E-state index contributed by atoms with van der Waals surface area (Å²) in [5.41, 5.74) is 8.01. The van der Waals surface area contributed by atoms with Gasteiger partial charge in [0, 0.05) is 22.9 Å². The van der Waals surface area contributed by atoms with E-state index in [1.54, 1.807) is 13.8 Å². The summed E-state index contributed by atoms with van der Waals surface area (Å²) in [6.07, 6.45) is 4.24. The molecule has 0 aliphatic carbocycles. The Morgan fingerprint density at radius 3 is 2.33 bits per heavy atom. The van der Waals surface area contributed by atoms with Crippen molar-refractivity contribution < 1.29 is 24.3 Å². The van der Waals surface area contributed by atoms with Crippen LogP contribution in [0, 0.1) is 5.92 Å². The van der Waals surface area contributed by atoms with Gasteiger partial charge < -0.3 is 31.8 Å². The Bertz CT molecular complexity index is 1060. The van der Waals surface area contributed by atoms with Crippen LogP contribution in [-0.2, 0) is 25.6 Å². The number of rotatable bonds is 14. The third-order valence-corrected chi connectivity index (χ3v) is 6.75. The largest absolute Gasteiger partial charge is 0.480 e. The molecule has 0 saturated carbocycles. The van der Waals surface area contributed by atoms with Crippen molar-refractivity contribution in [3.05, 3.63) is 36.0 Å². The summed E-state index contributed by atoms with van der Waals surface area (Å²) in [4.78, 5) is 53.2. The molecule has 1 aromatic heterocycles. The van der Waals surface area contributed by atoms with Crippen molar-refractivity contribution in [2.75, 3.05) is 17.8 Å². The van der Waals surface area contributed by atoms with E-state index in [4.69, 9.17) is 5.73 Å². The standard InChI is InChI=1S/C24H35N5O5S2/c1-13(2)20(23(32)27-18(8-9-36-3)22(31)28-19(12-35)24(33)34)29-21(30)16(25)10-14-11-26-17-7-5-4-6-15(14)17/h4-7,11,13,16,18-20,26,35H,8-10,12,25H2,1-3H3,(H,27,32)(H,28,31)(H,29,30)(H,33,34). The van der Waals surface area contributed by atoms with E-state index in [1.807, 2.05) is 36.7 Å². The van der Waals surface area contributed by atoms with Crippen LogP contribution in [0.3, 0.4) is 0 Å². The molecule has 0 radical (unpaired) electrons. The lowest BCUT2D eigenvalue weighted by Gasteiger charge is -2.26. The zero-order valence-electron chi connectivity index (χ0n) is 20.6. The number of para-hydroxylation sites is 1. The third-order valence-electron chi connectivity index (χ3n) is 5.74. The summed E-state index contributed by atoms with van der Waals surface area (Å²) in [7, 11) is 0. The fourth-order valence-electron chi connectivity index (χ4n) is 3.65. The second kappa shape index (κ2) is 14.1. The van der Waals surface area contributed by atoms with Gasteiger partial charge in [-0.2, -0.15) is 24.4 Å². The molecule has 0 aliphatic rings. The maximum atomic E-state index is 13.1. The van der Waals surface area contributed by atoms with Crippen LogP contribution in [-0.4, -0.2) is 75.7 Å². The number of fused-ring (bicyclic) bond motifs is 1. The predicted molar refractivity (Wildman–Crippen MR) is 145 cm³/mol. The second-order valence-corrected chi connectivity index (χ2v) is 10.2. The Morgan fingerprint density at radius 2 is 1.72 bits per heavy atom. The molecule has 12 heteroatoms. The van der Waals surface area contributed by atoms with Gasteiger partial charge in [0.25, 0.3) is 0 Å². The smallest absolute Gasteiger partial charge is 0.327 e. The molecule has 7 N–H and O–H groups in total. The van der Waals surface area contributed by atoms with Gasteiger partial charge in [-0.3, -0.25) is 14.4 Å². The van der Waals surface area contributed by atoms with Gasteiger partial charge in [-0.05, 0) is 42.4 Å². The Morgan fingerprint density at radius 1 is 1.06 bits per heavy atom. The first-order chi connectivity index (χ1) is 17.1. The lowest BCUT2D eigenvalue weighted by molar-refractivity contribution is -0.141. The molecule has 4 unspecified atom stereocenters. The number of carboxylic acids is 1. The highest BCUT2D eigenvalue weighted by Gasteiger charge is 2.31. The molecule has 1 heterocycles. The van der Waals surface area contributed by atoms with Crippen molar-refractivity contribution in [1.82, 2.24) is 20.9 Å². The summed E-state index contributed by atoms with van der Waals surface area (Å²) in [6.45, 7) is 3.54. The number of hydrogen-bond acceptors (Lipinski definition) is 7. The lowest BCUT2D eigenvalue weighted by Crippen LogP contribution is -2.58. The number of aromatic amines is 1. The van der Waals surface area contributed by atoms with Crippen molar-refractivity contribution in [3.63, 3.8) is 0 Å². The molecule has 2 aromatic rings. The molecule has 198 valence electrons. The first kappa shape index (κ1) is 29.5. The SMILES string of the molecule is CSCCC(NC(=O)C(NC(=O)C(N)Cc1c[nH]c2ccccc12)C(C)C)C(=O)NC(CS)C(=O)O. The van der Waals surface area contributed by atoms with Gasteiger partial charge in [0.2, 0.25) is 17.7 Å². The van der Waals surface area contributed by atoms with Crippen molar-refractivity contribution in [2.24, 2.45) is 11.7 Å². The molecule has 2 rings (SSSR count). The van der Waals surface area contributed by atoms with Crippen molar-refractivity contribution in [3.8, 4) is 0 Å². The second-order valence-electron chi connectivity index (χ2n) is 8.83. The van der Waals surface area contributed by atoms with E-state index in [9.17, 15) is 24.3 Å². The molecule has 3 amide bonds. The molecular formula is C24H35N5O5S2. The van der Waals surface area contributed by atoms with E-state index in [0.717, 1.165) is 16.5 Å². The van der Waals surface area contributed by atoms with Crippen LogP contribution in [0.2, 0.25) is 0 Å². The quantitative estimate of drug-likeness (QED) is 0.176. The Labute approximate surface area is 220 Å². The number of carbonyl (C=O) groups is 4. The lowest BCUT2D eigenvalue weighted by atomic mass is 10.0. The summed E-state index contributed by atoms with van der Waals surface area (Å²) in [5.74, 6) is -2.69. The number of aromatic nitrogens is 1. The van der Waals surface area contributed by atoms with Gasteiger partial charge in [-0.1, -0.05) is 32.0 Å². The van der Waals surface area contributed by atoms with Gasteiger partial charge in [-0.25, -0.2) is 4.79 Å². The average molecular weight is 538 g/mol. The number of nitrogens with two attached hydrogens (primary N) is 1. The molecule has 0 saturated heterocycles. The van der Waals surface area contributed by atoms with E-state index < -0.39 is 47.9 Å². The van der Waals surface area contributed by atoms with Gasteiger partial charge in [-0.15, -0.1) is 0 Å². The van der Waals surface area contributed by atoms with E-state index >= 15 is 0 Å². The molecule has 4 atom stereocenters. The number of aliphatic carboxylic acids is 1. The van der Waals surface area contributed by atoms with Crippen LogP contribution in [0.25, 0.3) is 10.9 Å². The van der Waals surface area contributed by atoms with Crippen LogP contribution >= 0.6 is 24.4 Å². The highest BCUT2D eigenvalue weighted by molar-refractivity contribution is 7.98. The van der Waals surface area contributed by atoms with E-state index in [0.29, 0.717) is 5.75 Å². The molecule has 0 bridgehead atoms. The zero-order valence-corrected chi connectivity index (χ0v) is 22.3. The highest BCUT2D eigenvalue weighted by atomic mass is 32.2. The van der Waals surface area contributed by atoms with Crippen LogP contribution in [0.1, 0.15) is 25.8 Å². The summed E-state index contributed by atoms with van der Waals surface area (Å²) in [5, 5.41) is 18.0. The number of nitrogens with one attached hydrogen (secondary N) is 4. The molecule has 36 heavy (non-hydrogen) atoms. The van der Waals surface area contributed by atoms with Gasteiger partial charge in [0.05, 0.1) is 6.04 Å². The van der Waals surface area contributed by atoms with Crippen LogP contribution < -0.4 is 21.7 Å². The maximum Gasteiger partial charge on any atom is 0.327 e. The number of H-pyrrole nitrogens is 1. The number of benzene rings is 1. The molecule has 0 fully saturated rings. The fourth-order valence-corrected chi connectivity index (χ4v) is 4.37. The van der Waals surface area contributed by atoms with Crippen molar-refractivity contribution in [2.45, 2.75) is 50.9 Å². The minimum absolute atomic E-state index is 0.0940. The Kier molecular flexibility index (Phi) is 11.6. The first-order valence-corrected chi connectivity index (χ1v) is 13.7. The van der Waals surface area contributed by atoms with Crippen molar-refractivity contribution in [1.29, 1.82) is 0 Å². The topological polar surface area (TPSA) is 166 Å². The molecular weight excluding hydrogens is 502 g/mol. The van der Waals surface area contributed by atoms with E-state index in [-0.39, 0.29) is 24.5 Å². The maximum absolute atomic E-state index is 13.1. The van der Waals surface area contributed by atoms with Crippen molar-refractivity contribution >= 4 is 59.0 Å². The zero-order chi connectivity index (χ0) is 26.8.